The largest absolute Gasteiger partial charge is 0.494 e. The van der Waals surface area contributed by atoms with Crippen molar-refractivity contribution in [3.05, 3.63) is 24.3 Å². The molecule has 0 atom stereocenters. The Labute approximate surface area is 125 Å². The van der Waals surface area contributed by atoms with E-state index in [0.29, 0.717) is 12.4 Å². The van der Waals surface area contributed by atoms with E-state index in [2.05, 4.69) is 4.99 Å². The van der Waals surface area contributed by atoms with Gasteiger partial charge in [0.1, 0.15) is 11.6 Å². The molecule has 0 aliphatic rings. The van der Waals surface area contributed by atoms with Gasteiger partial charge < -0.3 is 9.64 Å². The number of alkyl halides is 2. The van der Waals surface area contributed by atoms with Crippen LogP contribution in [-0.2, 0) is 0 Å². The first-order valence-electron chi connectivity index (χ1n) is 6.46. The van der Waals surface area contributed by atoms with Crippen molar-refractivity contribution in [3.63, 3.8) is 0 Å². The molecular formula is C14H20Cl2N2O. The third-order valence-corrected chi connectivity index (χ3v) is 3.06. The van der Waals surface area contributed by atoms with Gasteiger partial charge in [0.05, 0.1) is 12.3 Å². The van der Waals surface area contributed by atoms with Crippen LogP contribution in [0.4, 0.5) is 5.69 Å². The van der Waals surface area contributed by atoms with Gasteiger partial charge in [0.2, 0.25) is 0 Å². The summed E-state index contributed by atoms with van der Waals surface area (Å²) in [5.74, 6) is 1.51. The molecule has 0 unspecified atom stereocenters. The highest BCUT2D eigenvalue weighted by atomic mass is 35.5. The van der Waals surface area contributed by atoms with Gasteiger partial charge in [-0.05, 0) is 45.0 Å². The van der Waals surface area contributed by atoms with Gasteiger partial charge in [0, 0.05) is 13.1 Å². The van der Waals surface area contributed by atoms with Gasteiger partial charge >= 0.3 is 0 Å². The summed E-state index contributed by atoms with van der Waals surface area (Å²) in [7, 11) is 0. The topological polar surface area (TPSA) is 24.8 Å². The van der Waals surface area contributed by atoms with Crippen LogP contribution in [0.25, 0.3) is 0 Å². The Hall–Kier alpha value is -0.930. The Kier molecular flexibility index (Phi) is 7.03. The number of benzene rings is 1. The van der Waals surface area contributed by atoms with E-state index in [0.717, 1.165) is 24.5 Å². The van der Waals surface area contributed by atoms with Crippen molar-refractivity contribution in [1.82, 2.24) is 4.90 Å². The van der Waals surface area contributed by atoms with Crippen molar-refractivity contribution in [2.45, 2.75) is 25.6 Å². The molecule has 0 saturated carbocycles. The highest BCUT2D eigenvalue weighted by molar-refractivity contribution is 6.54. The maximum absolute atomic E-state index is 6.00. The van der Waals surface area contributed by atoms with E-state index in [1.807, 2.05) is 49.9 Å². The van der Waals surface area contributed by atoms with Gasteiger partial charge in [0.15, 0.2) is 4.84 Å². The van der Waals surface area contributed by atoms with Crippen molar-refractivity contribution in [1.29, 1.82) is 0 Å². The lowest BCUT2D eigenvalue weighted by Gasteiger charge is -2.23. The normalized spacial score (nSPS) is 11.8. The summed E-state index contributed by atoms with van der Waals surface area (Å²) in [6.07, 6.45) is 0. The van der Waals surface area contributed by atoms with E-state index < -0.39 is 4.84 Å². The zero-order valence-corrected chi connectivity index (χ0v) is 13.1. The number of nitrogens with zero attached hydrogens (tertiary/aromatic N) is 2. The van der Waals surface area contributed by atoms with Crippen LogP contribution in [0.1, 0.15) is 20.8 Å². The summed E-state index contributed by atoms with van der Waals surface area (Å²) in [5, 5.41) is 0. The van der Waals surface area contributed by atoms with Crippen LogP contribution in [0.5, 0.6) is 5.75 Å². The lowest BCUT2D eigenvalue weighted by atomic mass is 10.3. The zero-order chi connectivity index (χ0) is 14.3. The van der Waals surface area contributed by atoms with Gasteiger partial charge in [-0.3, -0.25) is 0 Å². The monoisotopic (exact) mass is 302 g/mol. The number of halogens is 2. The number of ether oxygens (including phenoxy) is 1. The molecule has 0 fully saturated rings. The van der Waals surface area contributed by atoms with Crippen molar-refractivity contribution < 1.29 is 4.74 Å². The van der Waals surface area contributed by atoms with Gasteiger partial charge in [-0.2, -0.15) is 0 Å². The molecule has 106 valence electrons. The summed E-state index contributed by atoms with van der Waals surface area (Å²) in [4.78, 5) is 5.93. The summed E-state index contributed by atoms with van der Waals surface area (Å²) < 4.78 is 5.39. The summed E-state index contributed by atoms with van der Waals surface area (Å²) in [6.45, 7) is 8.35. The molecule has 19 heavy (non-hydrogen) atoms. The number of aliphatic imine (C=N–C) groups is 1. The number of amidine groups is 1. The standard InChI is InChI=1S/C14H20Cl2N2O/c1-4-18(5-2)14(13(15)16)17-11-7-9-12(10-8-11)19-6-3/h7-10,13H,4-6H2,1-3H3. The molecule has 0 heterocycles. The van der Waals surface area contributed by atoms with Crippen molar-refractivity contribution in [3.8, 4) is 5.75 Å². The van der Waals surface area contributed by atoms with E-state index in [9.17, 15) is 0 Å². The van der Waals surface area contributed by atoms with E-state index in [4.69, 9.17) is 27.9 Å². The minimum Gasteiger partial charge on any atom is -0.494 e. The fourth-order valence-electron chi connectivity index (χ4n) is 1.72. The van der Waals surface area contributed by atoms with Gasteiger partial charge in [0.25, 0.3) is 0 Å². The van der Waals surface area contributed by atoms with Crippen LogP contribution in [0.2, 0.25) is 0 Å². The minimum atomic E-state index is -0.633. The number of rotatable bonds is 6. The van der Waals surface area contributed by atoms with E-state index in [-0.39, 0.29) is 0 Å². The third-order valence-electron chi connectivity index (χ3n) is 2.67. The van der Waals surface area contributed by atoms with Gasteiger partial charge in [-0.25, -0.2) is 4.99 Å². The molecule has 0 amide bonds. The van der Waals surface area contributed by atoms with E-state index in [1.54, 1.807) is 0 Å². The fraction of sp³-hybridized carbons (Fsp3) is 0.500. The van der Waals surface area contributed by atoms with Crippen LogP contribution in [0.15, 0.2) is 29.3 Å². The Morgan fingerprint density at radius 3 is 2.16 bits per heavy atom. The second-order valence-corrected chi connectivity index (χ2v) is 4.97. The molecular weight excluding hydrogens is 283 g/mol. The number of hydrogen-bond donors (Lipinski definition) is 0. The highest BCUT2D eigenvalue weighted by Crippen LogP contribution is 2.21. The molecule has 0 aliphatic heterocycles. The van der Waals surface area contributed by atoms with E-state index >= 15 is 0 Å². The summed E-state index contributed by atoms with van der Waals surface area (Å²) in [5.41, 5.74) is 0.816. The Morgan fingerprint density at radius 2 is 1.74 bits per heavy atom. The van der Waals surface area contributed by atoms with Crippen LogP contribution in [0.3, 0.4) is 0 Å². The Bertz CT molecular complexity index is 400. The average molecular weight is 303 g/mol. The minimum absolute atomic E-state index is 0.633. The molecule has 0 saturated heterocycles. The van der Waals surface area contributed by atoms with Crippen LogP contribution in [0, 0.1) is 0 Å². The fourth-order valence-corrected chi connectivity index (χ4v) is 2.09. The van der Waals surface area contributed by atoms with Crippen molar-refractivity contribution in [2.24, 2.45) is 4.99 Å². The van der Waals surface area contributed by atoms with Gasteiger partial charge in [-0.15, -0.1) is 0 Å². The van der Waals surface area contributed by atoms with Crippen LogP contribution in [-0.4, -0.2) is 35.3 Å². The molecule has 0 aliphatic carbocycles. The Balaban J connectivity index is 2.95. The maximum atomic E-state index is 6.00. The summed E-state index contributed by atoms with van der Waals surface area (Å²) in [6, 6.07) is 7.56. The summed E-state index contributed by atoms with van der Waals surface area (Å²) >= 11 is 12.0. The molecule has 1 aromatic carbocycles. The smallest absolute Gasteiger partial charge is 0.164 e. The molecule has 1 aromatic rings. The molecule has 5 heteroatoms. The SMILES string of the molecule is CCOc1ccc(N=C(C(Cl)Cl)N(CC)CC)cc1. The predicted octanol–water partition coefficient (Wildman–Crippen LogP) is 4.26. The van der Waals surface area contributed by atoms with Crippen LogP contribution >= 0.6 is 23.2 Å². The van der Waals surface area contributed by atoms with E-state index in [1.165, 1.54) is 0 Å². The molecule has 3 nitrogen and oxygen atoms in total. The number of hydrogen-bond acceptors (Lipinski definition) is 2. The molecule has 0 aromatic heterocycles. The zero-order valence-electron chi connectivity index (χ0n) is 11.6. The second-order valence-electron chi connectivity index (χ2n) is 3.87. The quantitative estimate of drug-likeness (QED) is 0.445. The lowest BCUT2D eigenvalue weighted by Crippen LogP contribution is -2.34. The molecule has 0 spiro atoms. The predicted molar refractivity (Wildman–Crippen MR) is 83.1 cm³/mol. The first-order valence-corrected chi connectivity index (χ1v) is 7.34. The lowest BCUT2D eigenvalue weighted by molar-refractivity contribution is 0.340. The first-order chi connectivity index (χ1) is 9.12. The molecule has 0 radical (unpaired) electrons. The third kappa shape index (κ3) is 4.92. The Morgan fingerprint density at radius 1 is 1.16 bits per heavy atom. The molecule has 0 N–H and O–H groups in total. The second kappa shape index (κ2) is 8.28. The van der Waals surface area contributed by atoms with Crippen LogP contribution < -0.4 is 4.74 Å². The highest BCUT2D eigenvalue weighted by Gasteiger charge is 2.15. The molecule has 1 rings (SSSR count). The average Bonchev–Trinajstić information content (AvgIpc) is 2.41. The van der Waals surface area contributed by atoms with Crippen molar-refractivity contribution in [2.75, 3.05) is 19.7 Å². The molecule has 0 bridgehead atoms. The maximum Gasteiger partial charge on any atom is 0.164 e. The van der Waals surface area contributed by atoms with Crippen molar-refractivity contribution >= 4 is 34.7 Å². The van der Waals surface area contributed by atoms with Gasteiger partial charge in [-0.1, -0.05) is 23.2 Å². The first kappa shape index (κ1) is 16.1.